The van der Waals surface area contributed by atoms with Gasteiger partial charge in [0.25, 0.3) is 5.56 Å². The number of aryl methyl sites for hydroxylation is 2. The van der Waals surface area contributed by atoms with Gasteiger partial charge in [-0.25, -0.2) is 9.37 Å². The number of rotatable bonds is 7. The average molecular weight is 468 g/mol. The van der Waals surface area contributed by atoms with Crippen LogP contribution < -0.4 is 5.56 Å². The number of benzene rings is 3. The Morgan fingerprint density at radius 3 is 2.51 bits per heavy atom. The molecule has 1 aromatic heterocycles. The van der Waals surface area contributed by atoms with E-state index < -0.39 is 11.6 Å². The fourth-order valence-electron chi connectivity index (χ4n) is 4.22. The molecule has 0 atom stereocenters. The van der Waals surface area contributed by atoms with Gasteiger partial charge in [-0.05, 0) is 54.7 Å². The zero-order chi connectivity index (χ0) is 24.9. The first-order valence-corrected chi connectivity index (χ1v) is 11.6. The van der Waals surface area contributed by atoms with Crippen molar-refractivity contribution in [2.24, 2.45) is 0 Å². The summed E-state index contributed by atoms with van der Waals surface area (Å²) >= 11 is 0. The Kier molecular flexibility index (Phi) is 7.07. The fourth-order valence-corrected chi connectivity index (χ4v) is 4.22. The lowest BCUT2D eigenvalue weighted by atomic mass is 9.96. The van der Waals surface area contributed by atoms with Crippen LogP contribution in [0.5, 0.6) is 5.75 Å². The smallest absolute Gasteiger partial charge is 0.261 e. The minimum absolute atomic E-state index is 0.243. The van der Waals surface area contributed by atoms with Crippen molar-refractivity contribution in [3.63, 3.8) is 0 Å². The van der Waals surface area contributed by atoms with E-state index in [0.717, 1.165) is 41.3 Å². The number of phenols is 1. The molecular weight excluding hydrogens is 441 g/mol. The molecule has 0 radical (unpaired) electrons. The highest BCUT2D eigenvalue weighted by atomic mass is 19.1. The minimum atomic E-state index is -0.793. The molecule has 0 amide bonds. The van der Waals surface area contributed by atoms with Gasteiger partial charge in [-0.15, -0.1) is 0 Å². The van der Waals surface area contributed by atoms with Gasteiger partial charge in [0, 0.05) is 18.1 Å². The van der Waals surface area contributed by atoms with Gasteiger partial charge in [0.05, 0.1) is 23.0 Å². The van der Waals surface area contributed by atoms with Crippen LogP contribution in [0.1, 0.15) is 48.0 Å². The summed E-state index contributed by atoms with van der Waals surface area (Å²) in [6.45, 7) is 3.82. The lowest BCUT2D eigenvalue weighted by Gasteiger charge is -2.16. The molecule has 5 nitrogen and oxygen atoms in total. The summed E-state index contributed by atoms with van der Waals surface area (Å²) in [5.74, 6) is -0.790. The number of hydrogen-bond acceptors (Lipinski definition) is 4. The van der Waals surface area contributed by atoms with Crippen LogP contribution in [0, 0.1) is 24.1 Å². The highest BCUT2D eigenvalue weighted by Crippen LogP contribution is 2.25. The van der Waals surface area contributed by atoms with Crippen molar-refractivity contribution in [1.82, 2.24) is 9.55 Å². The summed E-state index contributed by atoms with van der Waals surface area (Å²) in [4.78, 5) is 18.4. The van der Waals surface area contributed by atoms with Gasteiger partial charge in [0.15, 0.2) is 11.6 Å². The summed E-state index contributed by atoms with van der Waals surface area (Å²) < 4.78 is 15.4. The molecule has 6 heteroatoms. The molecule has 0 aliphatic carbocycles. The molecule has 0 fully saturated rings. The Morgan fingerprint density at radius 2 is 1.83 bits per heavy atom. The predicted molar refractivity (Wildman–Crippen MR) is 134 cm³/mol. The van der Waals surface area contributed by atoms with Crippen LogP contribution >= 0.6 is 0 Å². The van der Waals surface area contributed by atoms with Crippen molar-refractivity contribution < 1.29 is 9.50 Å². The molecule has 4 aromatic rings. The molecule has 0 saturated heterocycles. The molecule has 1 heterocycles. The lowest BCUT2D eigenvalue weighted by molar-refractivity contribution is 0.432. The monoisotopic (exact) mass is 467 g/mol. The quantitative estimate of drug-likeness (QED) is 0.369. The van der Waals surface area contributed by atoms with Crippen LogP contribution in [-0.2, 0) is 12.8 Å². The number of hydrogen-bond donors (Lipinski definition) is 1. The number of phenolic OH excluding ortho intramolecular Hbond substituents is 1. The number of aromatic nitrogens is 2. The summed E-state index contributed by atoms with van der Waals surface area (Å²) in [5.41, 5.74) is 4.73. The maximum absolute atomic E-state index is 14.0. The van der Waals surface area contributed by atoms with Crippen LogP contribution in [-0.4, -0.2) is 14.7 Å². The molecule has 1 N–H and O–H groups in total. The van der Waals surface area contributed by atoms with E-state index in [9.17, 15) is 19.6 Å². The standard InChI is InChI=1S/C29H26FN3O2/c1-3-4-9-27-25(29(35)33(19(2)32-27)23-14-15-28(34)26(30)17-23)16-20-10-12-21(13-11-20)24-8-6-5-7-22(24)18-31/h5-8,10-15,17,34H,3-4,9,16H2,1-2H3. The molecule has 0 unspecified atom stereocenters. The van der Waals surface area contributed by atoms with Gasteiger partial charge in [0.2, 0.25) is 0 Å². The second kappa shape index (κ2) is 10.4. The number of nitrogens with zero attached hydrogens (tertiary/aromatic N) is 3. The number of halogens is 1. The molecule has 3 aromatic carbocycles. The van der Waals surface area contributed by atoms with E-state index in [2.05, 4.69) is 13.0 Å². The van der Waals surface area contributed by atoms with Gasteiger partial charge in [0.1, 0.15) is 5.82 Å². The third-order valence-electron chi connectivity index (χ3n) is 6.08. The summed E-state index contributed by atoms with van der Waals surface area (Å²) in [5, 5.41) is 19.0. The van der Waals surface area contributed by atoms with Crippen molar-refractivity contribution in [3.05, 3.63) is 111 Å². The molecule has 0 spiro atoms. The zero-order valence-electron chi connectivity index (χ0n) is 19.8. The topological polar surface area (TPSA) is 78.9 Å². The number of aromatic hydroxyl groups is 1. The maximum atomic E-state index is 14.0. The van der Waals surface area contributed by atoms with E-state index in [-0.39, 0.29) is 5.56 Å². The first-order chi connectivity index (χ1) is 16.9. The number of unbranched alkanes of at least 4 members (excludes halogenated alkanes) is 1. The Labute approximate surface area is 203 Å². The van der Waals surface area contributed by atoms with Crippen molar-refractivity contribution in [1.29, 1.82) is 5.26 Å². The molecule has 0 aliphatic heterocycles. The Hall–Kier alpha value is -4.24. The Balaban J connectivity index is 1.76. The van der Waals surface area contributed by atoms with Gasteiger partial charge >= 0.3 is 0 Å². The van der Waals surface area contributed by atoms with Crippen molar-refractivity contribution in [2.75, 3.05) is 0 Å². The van der Waals surface area contributed by atoms with Crippen LogP contribution in [0.15, 0.2) is 71.5 Å². The summed E-state index contributed by atoms with van der Waals surface area (Å²) in [7, 11) is 0. The minimum Gasteiger partial charge on any atom is -0.505 e. The summed E-state index contributed by atoms with van der Waals surface area (Å²) in [6.07, 6.45) is 2.94. The second-order valence-electron chi connectivity index (χ2n) is 8.50. The van der Waals surface area contributed by atoms with E-state index in [1.807, 2.05) is 42.5 Å². The van der Waals surface area contributed by atoms with Gasteiger partial charge in [-0.2, -0.15) is 5.26 Å². The first-order valence-electron chi connectivity index (χ1n) is 11.6. The molecule has 0 saturated carbocycles. The van der Waals surface area contributed by atoms with Crippen LogP contribution in [0.4, 0.5) is 4.39 Å². The maximum Gasteiger partial charge on any atom is 0.261 e. The lowest BCUT2D eigenvalue weighted by Crippen LogP contribution is -2.28. The van der Waals surface area contributed by atoms with E-state index in [0.29, 0.717) is 35.5 Å². The predicted octanol–water partition coefficient (Wildman–Crippen LogP) is 5.86. The van der Waals surface area contributed by atoms with Gasteiger partial charge < -0.3 is 5.11 Å². The van der Waals surface area contributed by atoms with Crippen molar-refractivity contribution >= 4 is 0 Å². The second-order valence-corrected chi connectivity index (χ2v) is 8.50. The van der Waals surface area contributed by atoms with Crippen molar-refractivity contribution in [2.45, 2.75) is 39.5 Å². The van der Waals surface area contributed by atoms with E-state index in [4.69, 9.17) is 4.98 Å². The number of nitriles is 1. The first kappa shape index (κ1) is 23.9. The fraction of sp³-hybridized carbons (Fsp3) is 0.207. The molecule has 4 rings (SSSR count). The third-order valence-corrected chi connectivity index (χ3v) is 6.08. The highest BCUT2D eigenvalue weighted by molar-refractivity contribution is 5.70. The SMILES string of the molecule is CCCCc1nc(C)n(-c2ccc(O)c(F)c2)c(=O)c1Cc1ccc(-c2ccccc2C#N)cc1. The largest absolute Gasteiger partial charge is 0.505 e. The van der Waals surface area contributed by atoms with Crippen LogP contribution in [0.25, 0.3) is 16.8 Å². The van der Waals surface area contributed by atoms with Crippen LogP contribution in [0.3, 0.4) is 0 Å². The zero-order valence-corrected chi connectivity index (χ0v) is 19.8. The Morgan fingerprint density at radius 1 is 1.09 bits per heavy atom. The Bertz CT molecular complexity index is 1470. The molecule has 35 heavy (non-hydrogen) atoms. The van der Waals surface area contributed by atoms with E-state index in [1.165, 1.54) is 16.7 Å². The van der Waals surface area contributed by atoms with E-state index in [1.54, 1.807) is 13.0 Å². The normalized spacial score (nSPS) is 10.8. The summed E-state index contributed by atoms with van der Waals surface area (Å²) in [6, 6.07) is 21.4. The average Bonchev–Trinajstić information content (AvgIpc) is 2.87. The third kappa shape index (κ3) is 4.99. The molecule has 0 aliphatic rings. The highest BCUT2D eigenvalue weighted by Gasteiger charge is 2.17. The van der Waals surface area contributed by atoms with Crippen LogP contribution in [0.2, 0.25) is 0 Å². The van der Waals surface area contributed by atoms with Gasteiger partial charge in [-0.3, -0.25) is 9.36 Å². The molecular formula is C29H26FN3O2. The van der Waals surface area contributed by atoms with Gasteiger partial charge in [-0.1, -0.05) is 55.8 Å². The molecule has 0 bridgehead atoms. The van der Waals surface area contributed by atoms with E-state index >= 15 is 0 Å². The molecule has 176 valence electrons. The van der Waals surface area contributed by atoms with Crippen molar-refractivity contribution in [3.8, 4) is 28.6 Å².